The Morgan fingerprint density at radius 2 is 1.83 bits per heavy atom. The number of nitrogens with one attached hydrogen (secondary N) is 1. The van der Waals surface area contributed by atoms with Crippen LogP contribution in [0.15, 0.2) is 30.3 Å². The Hall–Kier alpha value is -2.14. The molecule has 1 aliphatic rings. The Kier molecular flexibility index (Phi) is 4.48. The van der Waals surface area contributed by atoms with Crippen molar-refractivity contribution in [3.8, 4) is 5.69 Å². The second kappa shape index (κ2) is 6.54. The first-order chi connectivity index (χ1) is 11.0. The third kappa shape index (κ3) is 3.62. The number of benzene rings is 1. The molecule has 1 heterocycles. The number of hydrogen-bond acceptors (Lipinski definition) is 3. The summed E-state index contributed by atoms with van der Waals surface area (Å²) >= 11 is 0. The van der Waals surface area contributed by atoms with Crippen molar-refractivity contribution >= 4 is 5.91 Å². The number of aromatic nitrogens is 2. The summed E-state index contributed by atoms with van der Waals surface area (Å²) in [6.07, 6.45) is 3.91. The number of hydrogen-bond donors (Lipinski definition) is 2. The van der Waals surface area contributed by atoms with Crippen LogP contribution >= 0.6 is 0 Å². The van der Waals surface area contributed by atoms with Gasteiger partial charge in [-0.05, 0) is 69.9 Å². The van der Waals surface area contributed by atoms with Gasteiger partial charge in [0.05, 0.1) is 11.4 Å². The molecule has 1 fully saturated rings. The van der Waals surface area contributed by atoms with Gasteiger partial charge in [0, 0.05) is 23.3 Å². The summed E-state index contributed by atoms with van der Waals surface area (Å²) in [7, 11) is 0. The van der Waals surface area contributed by atoms with E-state index in [1.807, 2.05) is 48.9 Å². The molecule has 1 amide bonds. The molecule has 1 aromatic carbocycles. The molecule has 0 radical (unpaired) electrons. The smallest absolute Gasteiger partial charge is 0.251 e. The van der Waals surface area contributed by atoms with E-state index in [2.05, 4.69) is 10.4 Å². The number of carbonyl (C=O) groups excluding carboxylic acids is 1. The summed E-state index contributed by atoms with van der Waals surface area (Å²) in [5.74, 6) is -0.00890. The van der Waals surface area contributed by atoms with Gasteiger partial charge in [-0.1, -0.05) is 0 Å². The van der Waals surface area contributed by atoms with Crippen molar-refractivity contribution in [3.05, 3.63) is 47.3 Å². The van der Waals surface area contributed by atoms with Crippen LogP contribution in [-0.2, 0) is 0 Å². The topological polar surface area (TPSA) is 72.9 Å². The molecule has 3 N–H and O–H groups in total. The Morgan fingerprint density at radius 1 is 1.17 bits per heavy atom. The zero-order chi connectivity index (χ0) is 16.4. The number of amides is 1. The van der Waals surface area contributed by atoms with E-state index >= 15 is 0 Å². The minimum absolute atomic E-state index is 0.00890. The van der Waals surface area contributed by atoms with Gasteiger partial charge < -0.3 is 11.1 Å². The normalized spacial score (nSPS) is 21.2. The van der Waals surface area contributed by atoms with Gasteiger partial charge in [0.1, 0.15) is 0 Å². The first-order valence-corrected chi connectivity index (χ1v) is 8.23. The van der Waals surface area contributed by atoms with Crippen molar-refractivity contribution in [1.82, 2.24) is 15.1 Å². The Balaban J connectivity index is 1.67. The molecule has 2 aromatic rings. The standard InChI is InChI=1S/C18H24N4O/c1-12-11-13(2)22(21-12)17-9-3-14(4-10-17)18(23)20-16-7-5-15(19)6-8-16/h3-4,9-11,15-16H,5-8,19H2,1-2H3,(H,20,23). The quantitative estimate of drug-likeness (QED) is 0.914. The molecule has 0 saturated heterocycles. The largest absolute Gasteiger partial charge is 0.349 e. The molecule has 1 aromatic heterocycles. The van der Waals surface area contributed by atoms with E-state index in [1.54, 1.807) is 0 Å². The number of carbonyl (C=O) groups is 1. The van der Waals surface area contributed by atoms with Crippen molar-refractivity contribution in [3.63, 3.8) is 0 Å². The van der Waals surface area contributed by atoms with Gasteiger partial charge in [-0.2, -0.15) is 5.10 Å². The lowest BCUT2D eigenvalue weighted by atomic mass is 9.91. The Bertz CT molecular complexity index is 682. The van der Waals surface area contributed by atoms with Crippen molar-refractivity contribution in [2.45, 2.75) is 51.6 Å². The molecule has 122 valence electrons. The number of nitrogens with two attached hydrogens (primary N) is 1. The molecular weight excluding hydrogens is 288 g/mol. The summed E-state index contributed by atoms with van der Waals surface area (Å²) < 4.78 is 1.89. The van der Waals surface area contributed by atoms with Gasteiger partial charge in [-0.15, -0.1) is 0 Å². The summed E-state index contributed by atoms with van der Waals surface area (Å²) in [4.78, 5) is 12.3. The van der Waals surface area contributed by atoms with Crippen molar-refractivity contribution < 1.29 is 4.79 Å². The second-order valence-corrected chi connectivity index (χ2v) is 6.47. The second-order valence-electron chi connectivity index (χ2n) is 6.47. The lowest BCUT2D eigenvalue weighted by Gasteiger charge is -2.26. The summed E-state index contributed by atoms with van der Waals surface area (Å²) in [5, 5.41) is 7.57. The van der Waals surface area contributed by atoms with E-state index in [0.717, 1.165) is 42.8 Å². The van der Waals surface area contributed by atoms with Crippen LogP contribution < -0.4 is 11.1 Å². The first-order valence-electron chi connectivity index (χ1n) is 8.23. The van der Waals surface area contributed by atoms with Crippen molar-refractivity contribution in [1.29, 1.82) is 0 Å². The minimum atomic E-state index is -0.00890. The maximum Gasteiger partial charge on any atom is 0.251 e. The molecule has 1 aliphatic carbocycles. The van der Waals surface area contributed by atoms with E-state index in [9.17, 15) is 4.79 Å². The first kappa shape index (κ1) is 15.7. The van der Waals surface area contributed by atoms with E-state index in [-0.39, 0.29) is 11.9 Å². The third-order valence-corrected chi connectivity index (χ3v) is 4.49. The highest BCUT2D eigenvalue weighted by Crippen LogP contribution is 2.18. The Labute approximate surface area is 136 Å². The van der Waals surface area contributed by atoms with Crippen LogP contribution in [0.1, 0.15) is 47.4 Å². The molecule has 0 atom stereocenters. The van der Waals surface area contributed by atoms with Crippen LogP contribution in [0.3, 0.4) is 0 Å². The minimum Gasteiger partial charge on any atom is -0.349 e. The number of rotatable bonds is 3. The number of aryl methyl sites for hydroxylation is 2. The van der Waals surface area contributed by atoms with Crippen molar-refractivity contribution in [2.24, 2.45) is 5.73 Å². The molecule has 0 bridgehead atoms. The highest BCUT2D eigenvalue weighted by Gasteiger charge is 2.20. The monoisotopic (exact) mass is 312 g/mol. The highest BCUT2D eigenvalue weighted by molar-refractivity contribution is 5.94. The fourth-order valence-corrected chi connectivity index (χ4v) is 3.18. The third-order valence-electron chi connectivity index (χ3n) is 4.49. The van der Waals surface area contributed by atoms with Gasteiger partial charge in [0.25, 0.3) is 5.91 Å². The molecule has 3 rings (SSSR count). The molecule has 5 heteroatoms. The Morgan fingerprint density at radius 3 is 2.39 bits per heavy atom. The molecule has 23 heavy (non-hydrogen) atoms. The average molecular weight is 312 g/mol. The zero-order valence-corrected chi connectivity index (χ0v) is 13.7. The van der Waals surface area contributed by atoms with E-state index in [1.165, 1.54) is 0 Å². The van der Waals surface area contributed by atoms with Gasteiger partial charge in [-0.25, -0.2) is 4.68 Å². The fourth-order valence-electron chi connectivity index (χ4n) is 3.18. The van der Waals surface area contributed by atoms with Crippen LogP contribution in [0.2, 0.25) is 0 Å². The van der Waals surface area contributed by atoms with Crippen LogP contribution in [0.5, 0.6) is 0 Å². The lowest BCUT2D eigenvalue weighted by molar-refractivity contribution is 0.0926. The van der Waals surface area contributed by atoms with E-state index < -0.39 is 0 Å². The van der Waals surface area contributed by atoms with E-state index in [4.69, 9.17) is 5.73 Å². The summed E-state index contributed by atoms with van der Waals surface area (Å²) in [5.41, 5.74) is 9.63. The summed E-state index contributed by atoms with van der Waals surface area (Å²) in [6, 6.07) is 10.2. The maximum absolute atomic E-state index is 12.3. The van der Waals surface area contributed by atoms with Gasteiger partial charge in [0.2, 0.25) is 0 Å². The van der Waals surface area contributed by atoms with Crippen LogP contribution in [-0.4, -0.2) is 27.8 Å². The molecule has 1 saturated carbocycles. The average Bonchev–Trinajstić information content (AvgIpc) is 2.88. The predicted molar refractivity (Wildman–Crippen MR) is 90.7 cm³/mol. The molecule has 0 unspecified atom stereocenters. The molecule has 5 nitrogen and oxygen atoms in total. The molecular formula is C18H24N4O. The van der Waals surface area contributed by atoms with Crippen LogP contribution in [0.4, 0.5) is 0 Å². The lowest BCUT2D eigenvalue weighted by Crippen LogP contribution is -2.40. The highest BCUT2D eigenvalue weighted by atomic mass is 16.1. The predicted octanol–water partition coefficient (Wildman–Crippen LogP) is 2.49. The summed E-state index contributed by atoms with van der Waals surface area (Å²) in [6.45, 7) is 4.00. The van der Waals surface area contributed by atoms with Gasteiger partial charge in [-0.3, -0.25) is 4.79 Å². The van der Waals surface area contributed by atoms with Crippen LogP contribution in [0.25, 0.3) is 5.69 Å². The van der Waals surface area contributed by atoms with Gasteiger partial charge >= 0.3 is 0 Å². The fraction of sp³-hybridized carbons (Fsp3) is 0.444. The van der Waals surface area contributed by atoms with Gasteiger partial charge in [0.15, 0.2) is 0 Å². The van der Waals surface area contributed by atoms with Crippen LogP contribution in [0, 0.1) is 13.8 Å². The van der Waals surface area contributed by atoms with E-state index in [0.29, 0.717) is 11.6 Å². The van der Waals surface area contributed by atoms with Crippen molar-refractivity contribution in [2.75, 3.05) is 0 Å². The maximum atomic E-state index is 12.3. The zero-order valence-electron chi connectivity index (χ0n) is 13.7. The molecule has 0 aliphatic heterocycles. The molecule has 0 spiro atoms. The SMILES string of the molecule is Cc1cc(C)n(-c2ccc(C(=O)NC3CCC(N)CC3)cc2)n1. The number of nitrogens with zero attached hydrogens (tertiary/aromatic N) is 2.